The molecule has 0 heterocycles. The lowest BCUT2D eigenvalue weighted by Gasteiger charge is -2.46. The molecule has 0 spiro atoms. The third kappa shape index (κ3) is 3.05. The molecular formula is C20H34O. The first-order valence-corrected chi connectivity index (χ1v) is 10.1. The Labute approximate surface area is 131 Å². The van der Waals surface area contributed by atoms with Gasteiger partial charge in [-0.05, 0) is 62.2 Å². The molecule has 0 aromatic carbocycles. The highest BCUT2D eigenvalue weighted by Gasteiger charge is 2.40. The van der Waals surface area contributed by atoms with Crippen molar-refractivity contribution in [3.8, 4) is 0 Å². The van der Waals surface area contributed by atoms with E-state index < -0.39 is 0 Å². The molecule has 6 unspecified atom stereocenters. The molecule has 0 bridgehead atoms. The largest absolute Gasteiger partial charge is 0.374 e. The van der Waals surface area contributed by atoms with Gasteiger partial charge in [-0.2, -0.15) is 0 Å². The van der Waals surface area contributed by atoms with Crippen LogP contribution in [0.5, 0.6) is 0 Å². The van der Waals surface area contributed by atoms with Crippen LogP contribution in [0.3, 0.4) is 0 Å². The lowest BCUT2D eigenvalue weighted by Crippen LogP contribution is -2.43. The SMILES string of the molecule is C1CCC2C(C1)CCCC2OC1CCCC2CCCCC21. The molecule has 4 aliphatic carbocycles. The predicted octanol–water partition coefficient (Wildman–Crippen LogP) is 5.72. The maximum Gasteiger partial charge on any atom is 0.0609 e. The molecule has 4 saturated carbocycles. The van der Waals surface area contributed by atoms with Crippen molar-refractivity contribution in [2.45, 2.75) is 102 Å². The number of ether oxygens (including phenoxy) is 1. The van der Waals surface area contributed by atoms with Crippen molar-refractivity contribution in [2.24, 2.45) is 23.7 Å². The molecule has 6 atom stereocenters. The Morgan fingerprint density at radius 1 is 0.429 bits per heavy atom. The van der Waals surface area contributed by atoms with Crippen molar-refractivity contribution in [1.82, 2.24) is 0 Å². The van der Waals surface area contributed by atoms with E-state index in [2.05, 4.69) is 0 Å². The highest BCUT2D eigenvalue weighted by atomic mass is 16.5. The molecule has 21 heavy (non-hydrogen) atoms. The summed E-state index contributed by atoms with van der Waals surface area (Å²) in [7, 11) is 0. The van der Waals surface area contributed by atoms with Crippen LogP contribution in [-0.4, -0.2) is 12.2 Å². The minimum absolute atomic E-state index is 0.634. The molecule has 1 nitrogen and oxygen atoms in total. The zero-order chi connectivity index (χ0) is 14.1. The Balaban J connectivity index is 1.41. The zero-order valence-electron chi connectivity index (χ0n) is 13.8. The highest BCUT2D eigenvalue weighted by Crippen LogP contribution is 2.46. The summed E-state index contributed by atoms with van der Waals surface area (Å²) in [4.78, 5) is 0. The van der Waals surface area contributed by atoms with E-state index in [4.69, 9.17) is 4.74 Å². The molecule has 0 N–H and O–H groups in total. The van der Waals surface area contributed by atoms with Gasteiger partial charge >= 0.3 is 0 Å². The molecule has 4 aliphatic rings. The molecule has 0 amide bonds. The first kappa shape index (κ1) is 14.5. The Morgan fingerprint density at radius 3 is 1.38 bits per heavy atom. The van der Waals surface area contributed by atoms with Crippen molar-refractivity contribution in [2.75, 3.05) is 0 Å². The quantitative estimate of drug-likeness (QED) is 0.632. The van der Waals surface area contributed by atoms with E-state index in [1.165, 1.54) is 89.9 Å². The van der Waals surface area contributed by atoms with Gasteiger partial charge in [0.05, 0.1) is 12.2 Å². The Kier molecular flexibility index (Phi) is 4.57. The van der Waals surface area contributed by atoms with Gasteiger partial charge in [0.1, 0.15) is 0 Å². The van der Waals surface area contributed by atoms with Crippen LogP contribution in [0.1, 0.15) is 89.9 Å². The lowest BCUT2D eigenvalue weighted by molar-refractivity contribution is -0.129. The van der Waals surface area contributed by atoms with Crippen LogP contribution in [0, 0.1) is 23.7 Å². The topological polar surface area (TPSA) is 9.23 Å². The summed E-state index contributed by atoms with van der Waals surface area (Å²) in [5, 5.41) is 0. The fourth-order valence-corrected chi connectivity index (χ4v) is 6.32. The van der Waals surface area contributed by atoms with E-state index >= 15 is 0 Å². The van der Waals surface area contributed by atoms with Gasteiger partial charge < -0.3 is 4.74 Å². The second kappa shape index (κ2) is 6.60. The van der Waals surface area contributed by atoms with Gasteiger partial charge in [-0.25, -0.2) is 0 Å². The van der Waals surface area contributed by atoms with Gasteiger partial charge in [0, 0.05) is 0 Å². The molecule has 1 heteroatoms. The van der Waals surface area contributed by atoms with Crippen molar-refractivity contribution < 1.29 is 4.74 Å². The summed E-state index contributed by atoms with van der Waals surface area (Å²) in [6.45, 7) is 0. The number of hydrogen-bond acceptors (Lipinski definition) is 1. The lowest BCUT2D eigenvalue weighted by atomic mass is 9.68. The normalized spacial score (nSPS) is 47.4. The van der Waals surface area contributed by atoms with E-state index in [0.717, 1.165) is 23.7 Å². The maximum atomic E-state index is 6.87. The molecule has 0 aliphatic heterocycles. The first-order chi connectivity index (χ1) is 10.4. The average molecular weight is 290 g/mol. The first-order valence-electron chi connectivity index (χ1n) is 10.1. The number of hydrogen-bond donors (Lipinski definition) is 0. The monoisotopic (exact) mass is 290 g/mol. The fourth-order valence-electron chi connectivity index (χ4n) is 6.32. The maximum absolute atomic E-state index is 6.87. The van der Waals surface area contributed by atoms with Crippen LogP contribution in [0.25, 0.3) is 0 Å². The van der Waals surface area contributed by atoms with Crippen molar-refractivity contribution in [3.05, 3.63) is 0 Å². The molecule has 0 aromatic rings. The van der Waals surface area contributed by atoms with Gasteiger partial charge in [0.25, 0.3) is 0 Å². The molecule has 0 radical (unpaired) electrons. The smallest absolute Gasteiger partial charge is 0.0609 e. The highest BCUT2D eigenvalue weighted by molar-refractivity contribution is 4.90. The van der Waals surface area contributed by atoms with E-state index in [9.17, 15) is 0 Å². The van der Waals surface area contributed by atoms with Gasteiger partial charge in [-0.3, -0.25) is 0 Å². The van der Waals surface area contributed by atoms with E-state index in [0.29, 0.717) is 12.2 Å². The van der Waals surface area contributed by atoms with Crippen LogP contribution in [-0.2, 0) is 4.74 Å². The summed E-state index contributed by atoms with van der Waals surface area (Å²) in [6, 6.07) is 0. The Hall–Kier alpha value is -0.0400. The standard InChI is InChI=1S/C20H34O/c1-3-11-17-15(7-1)9-5-13-19(17)21-20-14-6-10-16-8-2-4-12-18(16)20/h15-20H,1-14H2. The second-order valence-electron chi connectivity index (χ2n) is 8.49. The van der Waals surface area contributed by atoms with Crippen molar-refractivity contribution in [3.63, 3.8) is 0 Å². The summed E-state index contributed by atoms with van der Waals surface area (Å²) in [5.74, 6) is 3.89. The molecule has 4 fully saturated rings. The number of rotatable bonds is 2. The van der Waals surface area contributed by atoms with Crippen LogP contribution in [0.15, 0.2) is 0 Å². The molecule has 0 aromatic heterocycles. The van der Waals surface area contributed by atoms with Gasteiger partial charge in [0.2, 0.25) is 0 Å². The van der Waals surface area contributed by atoms with Gasteiger partial charge in [-0.15, -0.1) is 0 Å². The van der Waals surface area contributed by atoms with E-state index in [-0.39, 0.29) is 0 Å². The second-order valence-corrected chi connectivity index (χ2v) is 8.49. The summed E-state index contributed by atoms with van der Waals surface area (Å²) in [6.07, 6.45) is 21.7. The van der Waals surface area contributed by atoms with Gasteiger partial charge in [0.15, 0.2) is 0 Å². The minimum atomic E-state index is 0.634. The molecular weight excluding hydrogens is 256 g/mol. The summed E-state index contributed by atoms with van der Waals surface area (Å²) >= 11 is 0. The van der Waals surface area contributed by atoms with Crippen LogP contribution >= 0.6 is 0 Å². The molecule has 4 rings (SSSR count). The number of fused-ring (bicyclic) bond motifs is 2. The Morgan fingerprint density at radius 2 is 0.857 bits per heavy atom. The zero-order valence-corrected chi connectivity index (χ0v) is 13.8. The predicted molar refractivity (Wildman–Crippen MR) is 87.3 cm³/mol. The summed E-state index contributed by atoms with van der Waals surface area (Å²) < 4.78 is 6.87. The molecule has 120 valence electrons. The third-order valence-corrected chi connectivity index (χ3v) is 7.37. The third-order valence-electron chi connectivity index (χ3n) is 7.37. The average Bonchev–Trinajstić information content (AvgIpc) is 2.56. The fraction of sp³-hybridized carbons (Fsp3) is 1.00. The van der Waals surface area contributed by atoms with Crippen molar-refractivity contribution in [1.29, 1.82) is 0 Å². The van der Waals surface area contributed by atoms with Crippen LogP contribution < -0.4 is 0 Å². The van der Waals surface area contributed by atoms with E-state index in [1.807, 2.05) is 0 Å². The van der Waals surface area contributed by atoms with Gasteiger partial charge in [-0.1, -0.05) is 51.4 Å². The van der Waals surface area contributed by atoms with Crippen molar-refractivity contribution >= 4 is 0 Å². The van der Waals surface area contributed by atoms with Crippen LogP contribution in [0.2, 0.25) is 0 Å². The minimum Gasteiger partial charge on any atom is -0.374 e. The summed E-state index contributed by atoms with van der Waals surface area (Å²) in [5.41, 5.74) is 0. The van der Waals surface area contributed by atoms with Crippen LogP contribution in [0.4, 0.5) is 0 Å². The Bertz CT molecular complexity index is 303. The van der Waals surface area contributed by atoms with E-state index in [1.54, 1.807) is 0 Å². The molecule has 0 saturated heterocycles.